The van der Waals surface area contributed by atoms with E-state index in [0.29, 0.717) is 17.9 Å². The first-order valence-electron chi connectivity index (χ1n) is 6.89. The highest BCUT2D eigenvalue weighted by atomic mass is 32.2. The van der Waals surface area contributed by atoms with Crippen molar-refractivity contribution in [1.82, 2.24) is 4.72 Å². The summed E-state index contributed by atoms with van der Waals surface area (Å²) < 4.78 is 37.1. The zero-order valence-corrected chi connectivity index (χ0v) is 13.9. The molecule has 1 N–H and O–H groups in total. The van der Waals surface area contributed by atoms with Crippen LogP contribution >= 0.6 is 11.3 Å². The van der Waals surface area contributed by atoms with Crippen LogP contribution in [-0.2, 0) is 21.2 Å². The Morgan fingerprint density at radius 3 is 2.91 bits per heavy atom. The van der Waals surface area contributed by atoms with Crippen LogP contribution in [0, 0.1) is 5.92 Å². The number of hydrogen-bond donors (Lipinski definition) is 1. The number of benzene rings is 1. The average molecular weight is 353 g/mol. The van der Waals surface area contributed by atoms with Crippen molar-refractivity contribution in [2.45, 2.75) is 10.6 Å². The SMILES string of the molecule is COc1ccc2c(c1)OC[C@@H](C(=O)NS(=O)(=O)c1cccs1)C2. The number of amides is 1. The summed E-state index contributed by atoms with van der Waals surface area (Å²) >= 11 is 1.06. The Balaban J connectivity index is 1.72. The number of thiophene rings is 1. The third-order valence-electron chi connectivity index (χ3n) is 3.55. The Bertz CT molecular complexity index is 814. The van der Waals surface area contributed by atoms with Crippen LogP contribution in [0.1, 0.15) is 5.56 Å². The molecule has 0 radical (unpaired) electrons. The van der Waals surface area contributed by atoms with Crippen molar-refractivity contribution in [3.63, 3.8) is 0 Å². The van der Waals surface area contributed by atoms with Gasteiger partial charge in [-0.15, -0.1) is 11.3 Å². The lowest BCUT2D eigenvalue weighted by Gasteiger charge is -2.24. The van der Waals surface area contributed by atoms with Gasteiger partial charge in [-0.05, 0) is 29.5 Å². The number of carbonyl (C=O) groups is 1. The van der Waals surface area contributed by atoms with Gasteiger partial charge in [-0.1, -0.05) is 12.1 Å². The highest BCUT2D eigenvalue weighted by molar-refractivity contribution is 7.92. The van der Waals surface area contributed by atoms with Crippen molar-refractivity contribution in [1.29, 1.82) is 0 Å². The summed E-state index contributed by atoms with van der Waals surface area (Å²) in [7, 11) is -2.24. The maximum absolute atomic E-state index is 12.3. The molecule has 0 unspecified atom stereocenters. The molecule has 122 valence electrons. The van der Waals surface area contributed by atoms with Gasteiger partial charge in [0.25, 0.3) is 10.0 Å². The third kappa shape index (κ3) is 3.32. The van der Waals surface area contributed by atoms with Crippen LogP contribution in [-0.4, -0.2) is 28.0 Å². The second kappa shape index (κ2) is 6.21. The molecule has 0 saturated carbocycles. The first-order valence-corrected chi connectivity index (χ1v) is 9.26. The normalized spacial score (nSPS) is 17.0. The summed E-state index contributed by atoms with van der Waals surface area (Å²) in [6.07, 6.45) is 0.422. The van der Waals surface area contributed by atoms with E-state index in [2.05, 4.69) is 4.72 Å². The van der Waals surface area contributed by atoms with Gasteiger partial charge >= 0.3 is 0 Å². The lowest BCUT2D eigenvalue weighted by molar-refractivity contribution is -0.124. The molecule has 23 heavy (non-hydrogen) atoms. The van der Waals surface area contributed by atoms with Gasteiger partial charge in [-0.3, -0.25) is 4.79 Å². The standard InChI is InChI=1S/C15H15NO5S2/c1-20-12-5-4-10-7-11(9-21-13(10)8-12)15(17)16-23(18,19)14-3-2-6-22-14/h2-6,8,11H,7,9H2,1H3,(H,16,17)/t11-/m0/s1. The minimum Gasteiger partial charge on any atom is -0.497 e. The molecule has 2 heterocycles. The number of rotatable bonds is 4. The summed E-state index contributed by atoms with van der Waals surface area (Å²) in [5.41, 5.74) is 0.853. The second-order valence-corrected chi connectivity index (χ2v) is 7.94. The van der Waals surface area contributed by atoms with Crippen LogP contribution in [0.4, 0.5) is 0 Å². The molecule has 0 aliphatic carbocycles. The predicted molar refractivity (Wildman–Crippen MR) is 85.3 cm³/mol. The smallest absolute Gasteiger partial charge is 0.273 e. The molecule has 1 aromatic carbocycles. The third-order valence-corrected chi connectivity index (χ3v) is 6.29. The van der Waals surface area contributed by atoms with E-state index in [1.54, 1.807) is 30.7 Å². The van der Waals surface area contributed by atoms with Crippen molar-refractivity contribution < 1.29 is 22.7 Å². The van der Waals surface area contributed by atoms with Gasteiger partial charge in [0, 0.05) is 6.07 Å². The van der Waals surface area contributed by atoms with Crippen molar-refractivity contribution >= 4 is 27.3 Å². The van der Waals surface area contributed by atoms with Crippen LogP contribution in [0.2, 0.25) is 0 Å². The summed E-state index contributed by atoms with van der Waals surface area (Å²) in [6, 6.07) is 8.44. The summed E-state index contributed by atoms with van der Waals surface area (Å²) in [4.78, 5) is 12.3. The van der Waals surface area contributed by atoms with Gasteiger partial charge in [0.2, 0.25) is 5.91 Å². The molecule has 1 aliphatic rings. The number of fused-ring (bicyclic) bond motifs is 1. The molecule has 8 heteroatoms. The van der Waals surface area contributed by atoms with Crippen molar-refractivity contribution in [2.24, 2.45) is 5.92 Å². The lowest BCUT2D eigenvalue weighted by Crippen LogP contribution is -2.40. The van der Waals surface area contributed by atoms with Gasteiger partial charge in [0.05, 0.1) is 13.0 Å². The maximum Gasteiger partial charge on any atom is 0.273 e. The molecule has 0 bridgehead atoms. The Hall–Kier alpha value is -2.06. The fraction of sp³-hybridized carbons (Fsp3) is 0.267. The Morgan fingerprint density at radius 1 is 1.39 bits per heavy atom. The zero-order valence-electron chi connectivity index (χ0n) is 12.3. The Morgan fingerprint density at radius 2 is 2.22 bits per heavy atom. The molecule has 0 fully saturated rings. The molecule has 1 aliphatic heterocycles. The van der Waals surface area contributed by atoms with Crippen LogP contribution < -0.4 is 14.2 Å². The molecule has 0 saturated heterocycles. The molecule has 3 rings (SSSR count). The highest BCUT2D eigenvalue weighted by Gasteiger charge is 2.29. The number of methoxy groups -OCH3 is 1. The molecule has 1 atom stereocenters. The first kappa shape index (κ1) is 15.8. The number of ether oxygens (including phenoxy) is 2. The number of carbonyl (C=O) groups excluding carboxylic acids is 1. The van der Waals surface area contributed by atoms with E-state index in [1.165, 1.54) is 6.07 Å². The van der Waals surface area contributed by atoms with Gasteiger partial charge in [-0.2, -0.15) is 0 Å². The van der Waals surface area contributed by atoms with E-state index in [4.69, 9.17) is 9.47 Å². The number of sulfonamides is 1. The molecule has 1 amide bonds. The van der Waals surface area contributed by atoms with Crippen LogP contribution in [0.3, 0.4) is 0 Å². The largest absolute Gasteiger partial charge is 0.497 e. The zero-order chi connectivity index (χ0) is 16.4. The molecular formula is C15H15NO5S2. The average Bonchev–Trinajstić information content (AvgIpc) is 3.08. The molecule has 1 aromatic heterocycles. The van der Waals surface area contributed by atoms with Crippen LogP contribution in [0.15, 0.2) is 39.9 Å². The van der Waals surface area contributed by atoms with E-state index in [9.17, 15) is 13.2 Å². The summed E-state index contributed by atoms with van der Waals surface area (Å²) in [5, 5.41) is 1.65. The van der Waals surface area contributed by atoms with Crippen LogP contribution in [0.5, 0.6) is 11.5 Å². The fourth-order valence-electron chi connectivity index (χ4n) is 2.33. The van der Waals surface area contributed by atoms with Gasteiger partial charge in [-0.25, -0.2) is 13.1 Å². The van der Waals surface area contributed by atoms with Gasteiger partial charge in [0.1, 0.15) is 22.3 Å². The molecule has 0 spiro atoms. The Kier molecular flexibility index (Phi) is 4.27. The van der Waals surface area contributed by atoms with E-state index in [0.717, 1.165) is 16.9 Å². The molecular weight excluding hydrogens is 338 g/mol. The second-order valence-electron chi connectivity index (χ2n) is 5.09. The molecule has 2 aromatic rings. The first-order chi connectivity index (χ1) is 11.0. The lowest BCUT2D eigenvalue weighted by atomic mass is 9.96. The van der Waals surface area contributed by atoms with E-state index >= 15 is 0 Å². The van der Waals surface area contributed by atoms with E-state index in [-0.39, 0.29) is 10.8 Å². The highest BCUT2D eigenvalue weighted by Crippen LogP contribution is 2.31. The van der Waals surface area contributed by atoms with E-state index in [1.807, 2.05) is 6.07 Å². The summed E-state index contributed by atoms with van der Waals surface area (Å²) in [5.74, 6) is 0.229. The molecule has 6 nitrogen and oxygen atoms in total. The van der Waals surface area contributed by atoms with Crippen molar-refractivity contribution in [3.8, 4) is 11.5 Å². The van der Waals surface area contributed by atoms with Crippen LogP contribution in [0.25, 0.3) is 0 Å². The topological polar surface area (TPSA) is 81.7 Å². The minimum absolute atomic E-state index is 0.118. The maximum atomic E-state index is 12.3. The Labute approximate surface area is 138 Å². The number of nitrogens with one attached hydrogen (secondary N) is 1. The fourth-order valence-corrected chi connectivity index (χ4v) is 4.37. The van der Waals surface area contributed by atoms with Crippen molar-refractivity contribution in [3.05, 3.63) is 41.3 Å². The van der Waals surface area contributed by atoms with E-state index < -0.39 is 21.8 Å². The van der Waals surface area contributed by atoms with Gasteiger partial charge in [0.15, 0.2) is 0 Å². The monoisotopic (exact) mass is 353 g/mol. The number of hydrogen-bond acceptors (Lipinski definition) is 6. The minimum atomic E-state index is -3.81. The predicted octanol–water partition coefficient (Wildman–Crippen LogP) is 1.81. The summed E-state index contributed by atoms with van der Waals surface area (Å²) in [6.45, 7) is 0.131. The quantitative estimate of drug-likeness (QED) is 0.907. The van der Waals surface area contributed by atoms with Gasteiger partial charge < -0.3 is 9.47 Å². The van der Waals surface area contributed by atoms with Crippen molar-refractivity contribution in [2.75, 3.05) is 13.7 Å².